The molecule has 1 saturated carbocycles. The minimum absolute atomic E-state index is 0.119. The molecule has 19 heavy (non-hydrogen) atoms. The smallest absolute Gasteiger partial charge is 0.278 e. The summed E-state index contributed by atoms with van der Waals surface area (Å²) >= 11 is 0. The monoisotopic (exact) mass is 266 g/mol. The average Bonchev–Trinajstić information content (AvgIpc) is 2.96. The van der Waals surface area contributed by atoms with E-state index in [2.05, 4.69) is 20.3 Å². The Morgan fingerprint density at radius 3 is 2.79 bits per heavy atom. The lowest BCUT2D eigenvalue weighted by atomic mass is 10.1. The molecular formula is C12H12F2N4O. The summed E-state index contributed by atoms with van der Waals surface area (Å²) in [6.07, 6.45) is 0.0446. The zero-order valence-electron chi connectivity index (χ0n) is 10.3. The van der Waals surface area contributed by atoms with Gasteiger partial charge in [0.05, 0.1) is 5.69 Å². The van der Waals surface area contributed by atoms with Crippen LogP contribution in [0.15, 0.2) is 16.7 Å². The molecule has 0 saturated heterocycles. The maximum Gasteiger partial charge on any atom is 0.278 e. The predicted molar refractivity (Wildman–Crippen MR) is 61.6 cm³/mol. The molecule has 2 aromatic rings. The molecule has 7 heteroatoms. The zero-order chi connectivity index (χ0) is 13.5. The topological polar surface area (TPSA) is 64.7 Å². The molecule has 1 aliphatic carbocycles. The van der Waals surface area contributed by atoms with Crippen LogP contribution in [-0.2, 0) is 0 Å². The quantitative estimate of drug-likeness (QED) is 0.836. The van der Waals surface area contributed by atoms with Crippen LogP contribution in [-0.4, -0.2) is 26.3 Å². The predicted octanol–water partition coefficient (Wildman–Crippen LogP) is 2.74. The van der Waals surface area contributed by atoms with Gasteiger partial charge in [-0.25, -0.2) is 8.78 Å². The van der Waals surface area contributed by atoms with Crippen LogP contribution in [0, 0.1) is 6.92 Å². The van der Waals surface area contributed by atoms with E-state index in [1.54, 1.807) is 12.1 Å². The van der Waals surface area contributed by atoms with Crippen LogP contribution >= 0.6 is 0 Å². The van der Waals surface area contributed by atoms with Crippen LogP contribution in [0.25, 0.3) is 11.6 Å². The van der Waals surface area contributed by atoms with Gasteiger partial charge in [-0.2, -0.15) is 10.1 Å². The first-order valence-corrected chi connectivity index (χ1v) is 6.06. The standard InChI is InChI=1S/C12H12F2N4O/c1-7-2-3-9(17-16-7)11-15-10(18-19-11)8-4-5-12(13,14)6-8/h2-3,8H,4-6H2,1H3/t8-/m0/s1. The number of hydrogen-bond donors (Lipinski definition) is 0. The van der Waals surface area contributed by atoms with E-state index < -0.39 is 5.92 Å². The Morgan fingerprint density at radius 1 is 1.32 bits per heavy atom. The summed E-state index contributed by atoms with van der Waals surface area (Å²) in [4.78, 5) is 4.14. The Kier molecular flexibility index (Phi) is 2.76. The maximum absolute atomic E-state index is 13.1. The number of nitrogens with zero attached hydrogens (tertiary/aromatic N) is 4. The highest BCUT2D eigenvalue weighted by Gasteiger charge is 2.41. The molecule has 0 N–H and O–H groups in total. The minimum Gasteiger partial charge on any atom is -0.332 e. The van der Waals surface area contributed by atoms with E-state index >= 15 is 0 Å². The van der Waals surface area contributed by atoms with Crippen molar-refractivity contribution < 1.29 is 13.3 Å². The number of alkyl halides is 2. The molecule has 1 atom stereocenters. The van der Waals surface area contributed by atoms with Crippen molar-refractivity contribution in [2.45, 2.75) is 38.0 Å². The third-order valence-corrected chi connectivity index (χ3v) is 3.23. The summed E-state index contributed by atoms with van der Waals surface area (Å²) in [5, 5.41) is 11.6. The number of halogens is 2. The van der Waals surface area contributed by atoms with Crippen LogP contribution in [0.3, 0.4) is 0 Å². The van der Waals surface area contributed by atoms with E-state index in [0.29, 0.717) is 17.9 Å². The highest BCUT2D eigenvalue weighted by atomic mass is 19.3. The third-order valence-electron chi connectivity index (χ3n) is 3.23. The van der Waals surface area contributed by atoms with Gasteiger partial charge in [0.2, 0.25) is 5.92 Å². The molecule has 2 heterocycles. The highest BCUT2D eigenvalue weighted by molar-refractivity contribution is 5.45. The van der Waals surface area contributed by atoms with Gasteiger partial charge < -0.3 is 4.52 Å². The van der Waals surface area contributed by atoms with Crippen LogP contribution in [0.5, 0.6) is 0 Å². The van der Waals surface area contributed by atoms with Crippen LogP contribution < -0.4 is 0 Å². The second kappa shape index (κ2) is 4.32. The Balaban J connectivity index is 1.82. The Labute approximate surface area is 108 Å². The average molecular weight is 266 g/mol. The third kappa shape index (κ3) is 2.45. The fraction of sp³-hybridized carbons (Fsp3) is 0.500. The molecule has 5 nitrogen and oxygen atoms in total. The number of rotatable bonds is 2. The summed E-state index contributed by atoms with van der Waals surface area (Å²) < 4.78 is 31.4. The molecule has 2 aromatic heterocycles. The van der Waals surface area contributed by atoms with E-state index in [9.17, 15) is 8.78 Å². The SMILES string of the molecule is Cc1ccc(-c2nc([C@H]3CCC(F)(F)C3)no2)nn1. The van der Waals surface area contributed by atoms with Crippen molar-refractivity contribution in [3.05, 3.63) is 23.7 Å². The molecule has 0 radical (unpaired) electrons. The Bertz CT molecular complexity index is 582. The molecule has 0 aromatic carbocycles. The van der Waals surface area contributed by atoms with Gasteiger partial charge in [-0.05, 0) is 25.5 Å². The van der Waals surface area contributed by atoms with Crippen molar-refractivity contribution in [2.75, 3.05) is 0 Å². The van der Waals surface area contributed by atoms with Gasteiger partial charge in [-0.1, -0.05) is 5.16 Å². The molecular weight excluding hydrogens is 254 g/mol. The number of aromatic nitrogens is 4. The fourth-order valence-electron chi connectivity index (χ4n) is 2.19. The molecule has 0 bridgehead atoms. The molecule has 0 unspecified atom stereocenters. The lowest BCUT2D eigenvalue weighted by Gasteiger charge is -2.06. The van der Waals surface area contributed by atoms with Gasteiger partial charge in [-0.3, -0.25) is 0 Å². The van der Waals surface area contributed by atoms with Crippen molar-refractivity contribution in [1.82, 2.24) is 20.3 Å². The van der Waals surface area contributed by atoms with Crippen LogP contribution in [0.2, 0.25) is 0 Å². The first-order valence-electron chi connectivity index (χ1n) is 6.06. The zero-order valence-corrected chi connectivity index (χ0v) is 10.3. The Hall–Kier alpha value is -1.92. The molecule has 0 spiro atoms. The second-order valence-electron chi connectivity index (χ2n) is 4.81. The second-order valence-corrected chi connectivity index (χ2v) is 4.81. The van der Waals surface area contributed by atoms with Gasteiger partial charge in [0.25, 0.3) is 5.89 Å². The number of aryl methyl sites for hydroxylation is 1. The summed E-state index contributed by atoms with van der Waals surface area (Å²) in [5.74, 6) is -2.41. The van der Waals surface area contributed by atoms with Gasteiger partial charge in [0.15, 0.2) is 11.5 Å². The lowest BCUT2D eigenvalue weighted by molar-refractivity contribution is 0.00749. The summed E-state index contributed by atoms with van der Waals surface area (Å²) in [6.45, 7) is 1.82. The molecule has 100 valence electrons. The molecule has 0 aliphatic heterocycles. The van der Waals surface area contributed by atoms with Crippen molar-refractivity contribution in [3.63, 3.8) is 0 Å². The molecule has 1 fully saturated rings. The van der Waals surface area contributed by atoms with Crippen molar-refractivity contribution >= 4 is 0 Å². The van der Waals surface area contributed by atoms with Crippen LogP contribution in [0.1, 0.15) is 36.7 Å². The van der Waals surface area contributed by atoms with E-state index in [4.69, 9.17) is 4.52 Å². The number of hydrogen-bond acceptors (Lipinski definition) is 5. The van der Waals surface area contributed by atoms with Gasteiger partial charge in [0.1, 0.15) is 0 Å². The Morgan fingerprint density at radius 2 is 2.16 bits per heavy atom. The van der Waals surface area contributed by atoms with Crippen molar-refractivity contribution in [3.8, 4) is 11.6 Å². The first kappa shape index (κ1) is 12.1. The van der Waals surface area contributed by atoms with Gasteiger partial charge >= 0.3 is 0 Å². The van der Waals surface area contributed by atoms with E-state index in [0.717, 1.165) is 5.69 Å². The van der Waals surface area contributed by atoms with Crippen molar-refractivity contribution in [1.29, 1.82) is 0 Å². The van der Waals surface area contributed by atoms with E-state index in [1.165, 1.54) is 0 Å². The van der Waals surface area contributed by atoms with E-state index in [1.807, 2.05) is 6.92 Å². The molecule has 3 rings (SSSR count). The lowest BCUT2D eigenvalue weighted by Crippen LogP contribution is -2.09. The normalized spacial score (nSPS) is 21.7. The van der Waals surface area contributed by atoms with Crippen molar-refractivity contribution in [2.24, 2.45) is 0 Å². The highest BCUT2D eigenvalue weighted by Crippen LogP contribution is 2.43. The maximum atomic E-state index is 13.1. The first-order chi connectivity index (χ1) is 9.03. The van der Waals surface area contributed by atoms with Gasteiger partial charge in [-0.15, -0.1) is 5.10 Å². The van der Waals surface area contributed by atoms with Gasteiger partial charge in [0, 0.05) is 18.8 Å². The molecule has 0 amide bonds. The van der Waals surface area contributed by atoms with E-state index in [-0.39, 0.29) is 24.7 Å². The largest absolute Gasteiger partial charge is 0.332 e. The molecule has 1 aliphatic rings. The van der Waals surface area contributed by atoms with Crippen LogP contribution in [0.4, 0.5) is 8.78 Å². The summed E-state index contributed by atoms with van der Waals surface area (Å²) in [5.41, 5.74) is 1.23. The minimum atomic E-state index is -2.62. The fourth-order valence-corrected chi connectivity index (χ4v) is 2.19. The summed E-state index contributed by atoms with van der Waals surface area (Å²) in [6, 6.07) is 3.48. The summed E-state index contributed by atoms with van der Waals surface area (Å²) in [7, 11) is 0.